The highest BCUT2D eigenvalue weighted by molar-refractivity contribution is 5.55. The maximum absolute atomic E-state index is 5.38. The van der Waals surface area contributed by atoms with E-state index in [9.17, 15) is 0 Å². The van der Waals surface area contributed by atoms with Crippen LogP contribution < -0.4 is 19.5 Å². The number of nitrogens with one attached hydrogen (secondary N) is 1. The molecule has 0 spiro atoms. The summed E-state index contributed by atoms with van der Waals surface area (Å²) >= 11 is 0. The first-order chi connectivity index (χ1) is 9.86. The molecule has 2 heterocycles. The van der Waals surface area contributed by atoms with Gasteiger partial charge >= 0.3 is 0 Å². The molecule has 1 N–H and O–H groups in total. The van der Waals surface area contributed by atoms with Crippen molar-refractivity contribution in [3.8, 4) is 17.2 Å². The number of ether oxygens (including phenoxy) is 3. The van der Waals surface area contributed by atoms with Crippen LogP contribution >= 0.6 is 0 Å². The van der Waals surface area contributed by atoms with E-state index in [2.05, 4.69) is 15.5 Å². The van der Waals surface area contributed by atoms with Crippen LogP contribution in [0.4, 0.5) is 0 Å². The molecule has 3 rings (SSSR count). The molecule has 0 fully saturated rings. The van der Waals surface area contributed by atoms with Crippen molar-refractivity contribution in [2.24, 2.45) is 0 Å². The molecule has 1 aliphatic rings. The molecule has 0 saturated heterocycles. The van der Waals surface area contributed by atoms with Crippen molar-refractivity contribution in [2.75, 3.05) is 20.4 Å². The summed E-state index contributed by atoms with van der Waals surface area (Å²) < 4.78 is 21.0. The lowest BCUT2D eigenvalue weighted by Gasteiger charge is -2.08. The largest absolute Gasteiger partial charge is 0.493 e. The van der Waals surface area contributed by atoms with Gasteiger partial charge in [0.25, 0.3) is 0 Å². The molecule has 0 bridgehead atoms. The van der Waals surface area contributed by atoms with E-state index >= 15 is 0 Å². The van der Waals surface area contributed by atoms with Gasteiger partial charge in [-0.2, -0.15) is 4.98 Å². The van der Waals surface area contributed by atoms with Gasteiger partial charge in [-0.05, 0) is 17.7 Å². The summed E-state index contributed by atoms with van der Waals surface area (Å²) in [7, 11) is 1.62. The third kappa shape index (κ3) is 2.67. The van der Waals surface area contributed by atoms with Gasteiger partial charge in [-0.1, -0.05) is 5.16 Å². The van der Waals surface area contributed by atoms with E-state index in [1.165, 1.54) is 6.33 Å². The fourth-order valence-corrected chi connectivity index (χ4v) is 2.02. The number of aromatic nitrogens is 2. The Hall–Kier alpha value is -2.28. The predicted octanol–water partition coefficient (Wildman–Crippen LogP) is 1.14. The minimum Gasteiger partial charge on any atom is -0.493 e. The average molecular weight is 277 g/mol. The summed E-state index contributed by atoms with van der Waals surface area (Å²) in [5.41, 5.74) is 1.07. The van der Waals surface area contributed by atoms with Crippen LogP contribution in [0.3, 0.4) is 0 Å². The molecule has 0 saturated carbocycles. The average Bonchev–Trinajstić information content (AvgIpc) is 3.13. The number of hydrogen-bond acceptors (Lipinski definition) is 7. The molecular weight excluding hydrogens is 262 g/mol. The van der Waals surface area contributed by atoms with E-state index in [-0.39, 0.29) is 6.79 Å². The maximum Gasteiger partial charge on any atom is 0.231 e. The maximum atomic E-state index is 5.38. The fraction of sp³-hybridized carbons (Fsp3) is 0.385. The predicted molar refractivity (Wildman–Crippen MR) is 68.8 cm³/mol. The molecule has 7 nitrogen and oxygen atoms in total. The topological polar surface area (TPSA) is 78.6 Å². The summed E-state index contributed by atoms with van der Waals surface area (Å²) in [5.74, 6) is 2.70. The Morgan fingerprint density at radius 2 is 2.30 bits per heavy atom. The van der Waals surface area contributed by atoms with Crippen molar-refractivity contribution in [3.63, 3.8) is 0 Å². The minimum atomic E-state index is 0.236. The molecule has 0 aliphatic carbocycles. The van der Waals surface area contributed by atoms with Crippen LogP contribution in [0.15, 0.2) is 23.0 Å². The SMILES string of the molecule is COc1cc(CNCCc2ncno2)cc2c1OCO2. The van der Waals surface area contributed by atoms with Gasteiger partial charge in [-0.25, -0.2) is 0 Å². The number of benzene rings is 1. The first-order valence-corrected chi connectivity index (χ1v) is 6.29. The van der Waals surface area contributed by atoms with Crippen molar-refractivity contribution in [1.29, 1.82) is 0 Å². The van der Waals surface area contributed by atoms with Gasteiger partial charge < -0.3 is 24.1 Å². The van der Waals surface area contributed by atoms with E-state index in [0.717, 1.165) is 17.9 Å². The number of methoxy groups -OCH3 is 1. The number of rotatable bonds is 6. The standard InChI is InChI=1S/C13H15N3O4/c1-17-10-4-9(5-11-13(10)19-8-18-11)6-14-3-2-12-15-7-16-20-12/h4-5,7,14H,2-3,6,8H2,1H3. The van der Waals surface area contributed by atoms with E-state index < -0.39 is 0 Å². The van der Waals surface area contributed by atoms with Crippen LogP contribution in [0.2, 0.25) is 0 Å². The molecule has 0 amide bonds. The van der Waals surface area contributed by atoms with Crippen LogP contribution in [0, 0.1) is 0 Å². The lowest BCUT2D eigenvalue weighted by molar-refractivity contribution is 0.171. The number of fused-ring (bicyclic) bond motifs is 1. The van der Waals surface area contributed by atoms with Crippen molar-refractivity contribution < 1.29 is 18.7 Å². The highest BCUT2D eigenvalue weighted by Gasteiger charge is 2.19. The fourth-order valence-electron chi connectivity index (χ4n) is 2.02. The first-order valence-electron chi connectivity index (χ1n) is 6.29. The third-order valence-corrected chi connectivity index (χ3v) is 2.97. The van der Waals surface area contributed by atoms with Crippen molar-refractivity contribution >= 4 is 0 Å². The van der Waals surface area contributed by atoms with Crippen LogP contribution in [-0.4, -0.2) is 30.6 Å². The normalized spacial score (nSPS) is 12.7. The van der Waals surface area contributed by atoms with Crippen LogP contribution in [0.5, 0.6) is 17.2 Å². The lowest BCUT2D eigenvalue weighted by atomic mass is 10.2. The van der Waals surface area contributed by atoms with Crippen LogP contribution in [0.1, 0.15) is 11.5 Å². The zero-order valence-electron chi connectivity index (χ0n) is 11.1. The molecule has 20 heavy (non-hydrogen) atoms. The van der Waals surface area contributed by atoms with Gasteiger partial charge in [-0.3, -0.25) is 0 Å². The zero-order chi connectivity index (χ0) is 13.8. The Morgan fingerprint density at radius 3 is 3.10 bits per heavy atom. The lowest BCUT2D eigenvalue weighted by Crippen LogP contribution is -2.16. The quantitative estimate of drug-likeness (QED) is 0.793. The van der Waals surface area contributed by atoms with Crippen LogP contribution in [0.25, 0.3) is 0 Å². The molecule has 2 aromatic rings. The molecule has 0 unspecified atom stereocenters. The minimum absolute atomic E-state index is 0.236. The van der Waals surface area contributed by atoms with Crippen LogP contribution in [-0.2, 0) is 13.0 Å². The Labute approximate surface area is 115 Å². The molecule has 1 aliphatic heterocycles. The van der Waals surface area contributed by atoms with E-state index in [1.807, 2.05) is 12.1 Å². The monoisotopic (exact) mass is 277 g/mol. The second kappa shape index (κ2) is 5.79. The smallest absolute Gasteiger partial charge is 0.231 e. The van der Waals surface area contributed by atoms with Crippen molar-refractivity contribution in [3.05, 3.63) is 29.9 Å². The molecule has 106 valence electrons. The van der Waals surface area contributed by atoms with Gasteiger partial charge in [0.1, 0.15) is 0 Å². The molecule has 1 aromatic carbocycles. The number of nitrogens with zero attached hydrogens (tertiary/aromatic N) is 2. The summed E-state index contributed by atoms with van der Waals surface area (Å²) in [6.07, 6.45) is 2.10. The molecule has 7 heteroatoms. The van der Waals surface area contributed by atoms with Gasteiger partial charge in [-0.15, -0.1) is 0 Å². The van der Waals surface area contributed by atoms with Gasteiger partial charge in [0.2, 0.25) is 18.4 Å². The van der Waals surface area contributed by atoms with Crippen molar-refractivity contribution in [2.45, 2.75) is 13.0 Å². The molecule has 0 atom stereocenters. The summed E-state index contributed by atoms with van der Waals surface area (Å²) in [5, 5.41) is 6.86. The van der Waals surface area contributed by atoms with Gasteiger partial charge in [0, 0.05) is 19.5 Å². The zero-order valence-corrected chi connectivity index (χ0v) is 11.1. The third-order valence-electron chi connectivity index (χ3n) is 2.97. The Kier molecular flexibility index (Phi) is 3.69. The Bertz CT molecular complexity index is 571. The summed E-state index contributed by atoms with van der Waals surface area (Å²) in [4.78, 5) is 3.96. The number of hydrogen-bond donors (Lipinski definition) is 1. The highest BCUT2D eigenvalue weighted by atomic mass is 16.7. The molecule has 0 radical (unpaired) electrons. The van der Waals surface area contributed by atoms with Gasteiger partial charge in [0.15, 0.2) is 17.8 Å². The Morgan fingerprint density at radius 1 is 1.35 bits per heavy atom. The van der Waals surface area contributed by atoms with E-state index in [1.54, 1.807) is 7.11 Å². The van der Waals surface area contributed by atoms with Gasteiger partial charge in [0.05, 0.1) is 7.11 Å². The second-order valence-corrected chi connectivity index (χ2v) is 4.29. The van der Waals surface area contributed by atoms with E-state index in [4.69, 9.17) is 18.7 Å². The highest BCUT2D eigenvalue weighted by Crippen LogP contribution is 2.41. The first kappa shape index (κ1) is 12.7. The summed E-state index contributed by atoms with van der Waals surface area (Å²) in [6.45, 7) is 1.68. The van der Waals surface area contributed by atoms with Crippen molar-refractivity contribution in [1.82, 2.24) is 15.5 Å². The Balaban J connectivity index is 1.57. The summed E-state index contributed by atoms with van der Waals surface area (Å²) in [6, 6.07) is 3.89. The second-order valence-electron chi connectivity index (χ2n) is 4.29. The van der Waals surface area contributed by atoms with E-state index in [0.29, 0.717) is 30.4 Å². The molecule has 1 aromatic heterocycles. The molecular formula is C13H15N3O4.